The number of carbonyl (C=O) groups is 1. The van der Waals surface area contributed by atoms with Crippen LogP contribution in [0.1, 0.15) is 45.4 Å². The molecule has 1 saturated carbocycles. The van der Waals surface area contributed by atoms with Crippen molar-refractivity contribution in [1.82, 2.24) is 4.90 Å². The molecule has 1 N–H and O–H groups in total. The van der Waals surface area contributed by atoms with Crippen LogP contribution in [0.5, 0.6) is 0 Å². The van der Waals surface area contributed by atoms with Crippen LogP contribution in [0.25, 0.3) is 0 Å². The molecule has 2 rings (SSSR count). The quantitative estimate of drug-likeness (QED) is 0.775. The molecule has 2 aliphatic rings. The Morgan fingerprint density at radius 2 is 2.11 bits per heavy atom. The summed E-state index contributed by atoms with van der Waals surface area (Å²) in [5.74, 6) is 0.233. The van der Waals surface area contributed by atoms with Gasteiger partial charge in [-0.05, 0) is 39.2 Å². The van der Waals surface area contributed by atoms with Crippen molar-refractivity contribution < 1.29 is 14.6 Å². The lowest BCUT2D eigenvalue weighted by atomic mass is 9.88. The zero-order valence-corrected chi connectivity index (χ0v) is 11.3. The standard InChI is InChI=1S/C14H25NO3/c1-2-18-14(17)10-15-9-4-3-7-12(15)11-6-5-8-13(11)16/h11-13,16H,2-10H2,1H3. The van der Waals surface area contributed by atoms with Gasteiger partial charge >= 0.3 is 5.97 Å². The summed E-state index contributed by atoms with van der Waals surface area (Å²) in [4.78, 5) is 13.9. The number of likely N-dealkylation sites (tertiary alicyclic amines) is 1. The Kier molecular flexibility index (Phi) is 5.01. The van der Waals surface area contributed by atoms with E-state index in [4.69, 9.17) is 4.74 Å². The molecule has 0 bridgehead atoms. The summed E-state index contributed by atoms with van der Waals surface area (Å²) in [6.45, 7) is 3.64. The van der Waals surface area contributed by atoms with E-state index in [0.29, 0.717) is 25.1 Å². The monoisotopic (exact) mass is 255 g/mol. The van der Waals surface area contributed by atoms with Gasteiger partial charge in [0.15, 0.2) is 0 Å². The average Bonchev–Trinajstić information content (AvgIpc) is 2.76. The first-order valence-corrected chi connectivity index (χ1v) is 7.30. The van der Waals surface area contributed by atoms with Crippen LogP contribution in [0.3, 0.4) is 0 Å². The van der Waals surface area contributed by atoms with Gasteiger partial charge in [0.2, 0.25) is 0 Å². The molecule has 1 aliphatic heterocycles. The Morgan fingerprint density at radius 3 is 2.78 bits per heavy atom. The van der Waals surface area contributed by atoms with Gasteiger partial charge in [-0.1, -0.05) is 12.8 Å². The molecule has 1 saturated heterocycles. The minimum absolute atomic E-state index is 0.128. The molecule has 0 amide bonds. The smallest absolute Gasteiger partial charge is 0.320 e. The van der Waals surface area contributed by atoms with Crippen LogP contribution in [0, 0.1) is 5.92 Å². The lowest BCUT2D eigenvalue weighted by Gasteiger charge is -2.39. The van der Waals surface area contributed by atoms with Crippen molar-refractivity contribution in [2.45, 2.75) is 57.6 Å². The van der Waals surface area contributed by atoms with Gasteiger partial charge in [0.1, 0.15) is 0 Å². The van der Waals surface area contributed by atoms with Crippen molar-refractivity contribution in [2.75, 3.05) is 19.7 Å². The molecule has 2 fully saturated rings. The van der Waals surface area contributed by atoms with Gasteiger partial charge in [-0.15, -0.1) is 0 Å². The molecule has 4 nitrogen and oxygen atoms in total. The highest BCUT2D eigenvalue weighted by atomic mass is 16.5. The second-order valence-corrected chi connectivity index (χ2v) is 5.50. The first-order chi connectivity index (χ1) is 8.72. The van der Waals surface area contributed by atoms with E-state index in [-0.39, 0.29) is 12.1 Å². The number of carbonyl (C=O) groups excluding carboxylic acids is 1. The van der Waals surface area contributed by atoms with Crippen molar-refractivity contribution >= 4 is 5.97 Å². The molecule has 3 atom stereocenters. The van der Waals surface area contributed by atoms with Crippen LogP contribution < -0.4 is 0 Å². The van der Waals surface area contributed by atoms with Gasteiger partial charge in [-0.25, -0.2) is 0 Å². The molecule has 0 aromatic heterocycles. The number of piperidine rings is 1. The van der Waals surface area contributed by atoms with Crippen molar-refractivity contribution in [1.29, 1.82) is 0 Å². The predicted molar refractivity (Wildman–Crippen MR) is 69.2 cm³/mol. The molecule has 4 heteroatoms. The SMILES string of the molecule is CCOC(=O)CN1CCCCC1C1CCCC1O. The highest BCUT2D eigenvalue weighted by molar-refractivity contribution is 5.71. The van der Waals surface area contributed by atoms with Gasteiger partial charge in [0, 0.05) is 12.0 Å². The minimum atomic E-state index is -0.169. The lowest BCUT2D eigenvalue weighted by Crippen LogP contribution is -2.48. The van der Waals surface area contributed by atoms with E-state index in [1.54, 1.807) is 0 Å². The Labute approximate surface area is 109 Å². The first kappa shape index (κ1) is 13.8. The van der Waals surface area contributed by atoms with Crippen molar-refractivity contribution in [3.05, 3.63) is 0 Å². The van der Waals surface area contributed by atoms with E-state index in [1.165, 1.54) is 6.42 Å². The van der Waals surface area contributed by atoms with Crippen LogP contribution in [0.15, 0.2) is 0 Å². The van der Waals surface area contributed by atoms with Crippen LogP contribution >= 0.6 is 0 Å². The van der Waals surface area contributed by atoms with E-state index in [0.717, 1.165) is 38.6 Å². The Morgan fingerprint density at radius 1 is 1.28 bits per heavy atom. The fourth-order valence-electron chi connectivity index (χ4n) is 3.49. The molecule has 0 aromatic rings. The van der Waals surface area contributed by atoms with Gasteiger partial charge in [-0.3, -0.25) is 9.69 Å². The Bertz CT molecular complexity index is 282. The minimum Gasteiger partial charge on any atom is -0.465 e. The number of nitrogens with zero attached hydrogens (tertiary/aromatic N) is 1. The Hall–Kier alpha value is -0.610. The summed E-state index contributed by atoms with van der Waals surface area (Å²) in [6, 6.07) is 0.376. The number of rotatable bonds is 4. The average molecular weight is 255 g/mol. The third-order valence-electron chi connectivity index (χ3n) is 4.33. The molecule has 0 radical (unpaired) electrons. The highest BCUT2D eigenvalue weighted by Gasteiger charge is 2.37. The summed E-state index contributed by atoms with van der Waals surface area (Å²) in [5.41, 5.74) is 0. The number of hydrogen-bond acceptors (Lipinski definition) is 4. The second-order valence-electron chi connectivity index (χ2n) is 5.50. The summed E-state index contributed by atoms with van der Waals surface area (Å²) >= 11 is 0. The van der Waals surface area contributed by atoms with Gasteiger partial charge in [-0.2, -0.15) is 0 Å². The van der Waals surface area contributed by atoms with Crippen molar-refractivity contribution in [3.8, 4) is 0 Å². The zero-order chi connectivity index (χ0) is 13.0. The molecule has 1 aliphatic carbocycles. The van der Waals surface area contributed by atoms with E-state index in [2.05, 4.69) is 4.90 Å². The van der Waals surface area contributed by atoms with Gasteiger partial charge in [0.25, 0.3) is 0 Å². The molecule has 104 valence electrons. The maximum Gasteiger partial charge on any atom is 0.320 e. The first-order valence-electron chi connectivity index (χ1n) is 7.30. The summed E-state index contributed by atoms with van der Waals surface area (Å²) in [5, 5.41) is 10.1. The van der Waals surface area contributed by atoms with Gasteiger partial charge in [0.05, 0.1) is 19.3 Å². The number of ether oxygens (including phenoxy) is 1. The van der Waals surface area contributed by atoms with Crippen LogP contribution in [0.2, 0.25) is 0 Å². The number of aliphatic hydroxyl groups is 1. The summed E-state index contributed by atoms with van der Waals surface area (Å²) < 4.78 is 5.04. The number of aliphatic hydroxyl groups excluding tert-OH is 1. The summed E-state index contributed by atoms with van der Waals surface area (Å²) in [6.07, 6.45) is 6.46. The molecule has 0 spiro atoms. The topological polar surface area (TPSA) is 49.8 Å². The lowest BCUT2D eigenvalue weighted by molar-refractivity contribution is -0.146. The molecule has 18 heavy (non-hydrogen) atoms. The second kappa shape index (κ2) is 6.53. The maximum absolute atomic E-state index is 11.6. The van der Waals surface area contributed by atoms with E-state index < -0.39 is 0 Å². The van der Waals surface area contributed by atoms with Crippen molar-refractivity contribution in [2.24, 2.45) is 5.92 Å². The number of hydrogen-bond donors (Lipinski definition) is 1. The molecular formula is C14H25NO3. The molecule has 3 unspecified atom stereocenters. The third kappa shape index (κ3) is 3.23. The Balaban J connectivity index is 1.94. The van der Waals surface area contributed by atoms with E-state index in [9.17, 15) is 9.90 Å². The summed E-state index contributed by atoms with van der Waals surface area (Å²) in [7, 11) is 0. The predicted octanol–water partition coefficient (Wildman–Crippen LogP) is 1.56. The maximum atomic E-state index is 11.6. The normalized spacial score (nSPS) is 33.6. The van der Waals surface area contributed by atoms with E-state index >= 15 is 0 Å². The fraction of sp³-hybridized carbons (Fsp3) is 0.929. The van der Waals surface area contributed by atoms with Crippen LogP contribution in [0.4, 0.5) is 0 Å². The fourth-order valence-corrected chi connectivity index (χ4v) is 3.49. The molecule has 0 aromatic carbocycles. The third-order valence-corrected chi connectivity index (χ3v) is 4.33. The van der Waals surface area contributed by atoms with Crippen molar-refractivity contribution in [3.63, 3.8) is 0 Å². The van der Waals surface area contributed by atoms with Crippen LogP contribution in [-0.2, 0) is 9.53 Å². The largest absolute Gasteiger partial charge is 0.465 e. The van der Waals surface area contributed by atoms with Crippen LogP contribution in [-0.4, -0.2) is 47.8 Å². The highest BCUT2D eigenvalue weighted by Crippen LogP contribution is 2.35. The number of esters is 1. The molecule has 1 heterocycles. The zero-order valence-electron chi connectivity index (χ0n) is 11.3. The van der Waals surface area contributed by atoms with Gasteiger partial charge < -0.3 is 9.84 Å². The van der Waals surface area contributed by atoms with E-state index in [1.807, 2.05) is 6.92 Å². The molecular weight excluding hydrogens is 230 g/mol.